The molecular formula is C20H30N8. The molecule has 4 heterocycles. The molecule has 0 saturated carbocycles. The van der Waals surface area contributed by atoms with Gasteiger partial charge in [-0.2, -0.15) is 0 Å². The van der Waals surface area contributed by atoms with Crippen LogP contribution < -0.4 is 20.4 Å². The van der Waals surface area contributed by atoms with Crippen molar-refractivity contribution in [2.75, 3.05) is 73.8 Å². The Morgan fingerprint density at radius 1 is 0.964 bits per heavy atom. The van der Waals surface area contributed by atoms with Gasteiger partial charge in [0.25, 0.3) is 0 Å². The number of piperidine rings is 1. The number of aromatic nitrogens is 3. The molecule has 2 aromatic heterocycles. The van der Waals surface area contributed by atoms with Gasteiger partial charge in [-0.1, -0.05) is 6.07 Å². The van der Waals surface area contributed by atoms with Gasteiger partial charge in [0.1, 0.15) is 17.8 Å². The Kier molecular flexibility index (Phi) is 5.47. The smallest absolute Gasteiger partial charge is 0.157 e. The first kappa shape index (κ1) is 18.7. The van der Waals surface area contributed by atoms with Gasteiger partial charge in [-0.05, 0) is 45.1 Å². The molecule has 8 nitrogen and oxygen atoms in total. The van der Waals surface area contributed by atoms with Crippen molar-refractivity contribution in [3.8, 4) is 0 Å². The zero-order valence-corrected chi connectivity index (χ0v) is 16.8. The van der Waals surface area contributed by atoms with Crippen LogP contribution in [0.2, 0.25) is 0 Å². The molecule has 0 unspecified atom stereocenters. The summed E-state index contributed by atoms with van der Waals surface area (Å²) in [6.45, 7) is 5.77. The molecule has 0 radical (unpaired) electrons. The van der Waals surface area contributed by atoms with Crippen LogP contribution >= 0.6 is 0 Å². The lowest BCUT2D eigenvalue weighted by atomic mass is 10.0. The van der Waals surface area contributed by atoms with E-state index in [0.29, 0.717) is 11.7 Å². The second-order valence-electron chi connectivity index (χ2n) is 7.74. The lowest BCUT2D eigenvalue weighted by Gasteiger charge is -2.38. The standard InChI is InChI=1S/C20H30N8/c1-25-9-6-16(7-10-25)26(2)19-18(21)20(24-15-23-19)28-13-11-27(12-14-28)17-5-3-4-8-22-17/h3-5,8,15-16H,6-7,9-14,21H2,1-2H3. The van der Waals surface area contributed by atoms with Crippen LogP contribution in [0.4, 0.5) is 23.1 Å². The van der Waals surface area contributed by atoms with Gasteiger partial charge in [-0.15, -0.1) is 0 Å². The fourth-order valence-corrected chi connectivity index (χ4v) is 4.15. The molecule has 150 valence electrons. The first-order valence-electron chi connectivity index (χ1n) is 10.1. The Bertz CT molecular complexity index is 767. The first-order chi connectivity index (χ1) is 13.6. The fraction of sp³-hybridized carbons (Fsp3) is 0.550. The minimum Gasteiger partial charge on any atom is -0.393 e. The van der Waals surface area contributed by atoms with Crippen molar-refractivity contribution in [2.45, 2.75) is 18.9 Å². The van der Waals surface area contributed by atoms with Gasteiger partial charge < -0.3 is 25.3 Å². The Labute approximate surface area is 167 Å². The van der Waals surface area contributed by atoms with Gasteiger partial charge in [0.05, 0.1) is 0 Å². The molecule has 0 spiro atoms. The third-order valence-corrected chi connectivity index (χ3v) is 5.96. The monoisotopic (exact) mass is 382 g/mol. The number of likely N-dealkylation sites (tertiary alicyclic amines) is 1. The third kappa shape index (κ3) is 3.82. The van der Waals surface area contributed by atoms with E-state index < -0.39 is 0 Å². The molecule has 2 saturated heterocycles. The molecule has 0 bridgehead atoms. The summed E-state index contributed by atoms with van der Waals surface area (Å²) >= 11 is 0. The molecule has 28 heavy (non-hydrogen) atoms. The highest BCUT2D eigenvalue weighted by Gasteiger charge is 2.26. The molecule has 0 amide bonds. The van der Waals surface area contributed by atoms with Crippen molar-refractivity contribution in [3.63, 3.8) is 0 Å². The highest BCUT2D eigenvalue weighted by molar-refractivity contribution is 5.76. The van der Waals surface area contributed by atoms with Crippen LogP contribution in [0.5, 0.6) is 0 Å². The first-order valence-corrected chi connectivity index (χ1v) is 10.1. The van der Waals surface area contributed by atoms with Crippen LogP contribution in [0.3, 0.4) is 0 Å². The van der Waals surface area contributed by atoms with E-state index in [0.717, 1.165) is 69.6 Å². The van der Waals surface area contributed by atoms with Crippen LogP contribution in [-0.2, 0) is 0 Å². The topological polar surface area (TPSA) is 77.7 Å². The van der Waals surface area contributed by atoms with Crippen LogP contribution in [-0.4, -0.2) is 79.3 Å². The van der Waals surface area contributed by atoms with E-state index in [1.54, 1.807) is 6.33 Å². The quantitative estimate of drug-likeness (QED) is 0.848. The van der Waals surface area contributed by atoms with Crippen LogP contribution in [0.25, 0.3) is 0 Å². The Morgan fingerprint density at radius 2 is 1.68 bits per heavy atom. The molecule has 2 aliphatic rings. The number of anilines is 4. The number of rotatable bonds is 4. The number of nitrogens with two attached hydrogens (primary N) is 1. The van der Waals surface area contributed by atoms with Gasteiger partial charge in [0, 0.05) is 45.5 Å². The molecule has 2 fully saturated rings. The zero-order chi connectivity index (χ0) is 19.5. The second kappa shape index (κ2) is 8.18. The summed E-state index contributed by atoms with van der Waals surface area (Å²) in [7, 11) is 4.29. The normalized spacial score (nSPS) is 19.1. The Morgan fingerprint density at radius 3 is 2.36 bits per heavy atom. The highest BCUT2D eigenvalue weighted by Crippen LogP contribution is 2.31. The number of piperazine rings is 1. The molecule has 2 N–H and O–H groups in total. The van der Waals surface area contributed by atoms with Gasteiger partial charge in [-0.25, -0.2) is 15.0 Å². The molecule has 2 aliphatic heterocycles. The van der Waals surface area contributed by atoms with Crippen LogP contribution in [0.15, 0.2) is 30.7 Å². The minimum atomic E-state index is 0.474. The molecule has 2 aromatic rings. The van der Waals surface area contributed by atoms with Crippen LogP contribution in [0, 0.1) is 0 Å². The Hall–Kier alpha value is -2.61. The van der Waals surface area contributed by atoms with E-state index in [1.807, 2.05) is 18.3 Å². The summed E-state index contributed by atoms with van der Waals surface area (Å²) in [6, 6.07) is 6.51. The van der Waals surface area contributed by atoms with E-state index in [-0.39, 0.29) is 0 Å². The second-order valence-corrected chi connectivity index (χ2v) is 7.74. The van der Waals surface area contributed by atoms with Crippen molar-refractivity contribution < 1.29 is 0 Å². The van der Waals surface area contributed by atoms with Gasteiger partial charge in [0.2, 0.25) is 0 Å². The number of pyridine rings is 1. The molecular weight excluding hydrogens is 352 g/mol. The maximum Gasteiger partial charge on any atom is 0.157 e. The Balaban J connectivity index is 1.45. The molecule has 8 heteroatoms. The maximum atomic E-state index is 6.55. The van der Waals surface area contributed by atoms with Gasteiger partial charge in [-0.3, -0.25) is 0 Å². The lowest BCUT2D eigenvalue weighted by Crippen LogP contribution is -2.47. The third-order valence-electron chi connectivity index (χ3n) is 5.96. The van der Waals surface area contributed by atoms with Crippen molar-refractivity contribution in [1.82, 2.24) is 19.9 Å². The largest absolute Gasteiger partial charge is 0.393 e. The van der Waals surface area contributed by atoms with E-state index in [2.05, 4.69) is 54.7 Å². The van der Waals surface area contributed by atoms with E-state index in [9.17, 15) is 0 Å². The number of nitrogens with zero attached hydrogens (tertiary/aromatic N) is 7. The summed E-state index contributed by atoms with van der Waals surface area (Å²) in [5.74, 6) is 2.73. The van der Waals surface area contributed by atoms with Gasteiger partial charge in [0.15, 0.2) is 11.6 Å². The summed E-state index contributed by atoms with van der Waals surface area (Å²) in [6.07, 6.45) is 5.76. The average molecular weight is 383 g/mol. The lowest BCUT2D eigenvalue weighted by molar-refractivity contribution is 0.252. The summed E-state index contributed by atoms with van der Waals surface area (Å²) in [4.78, 5) is 22.7. The van der Waals surface area contributed by atoms with Crippen LogP contribution in [0.1, 0.15) is 12.8 Å². The fourth-order valence-electron chi connectivity index (χ4n) is 4.15. The summed E-state index contributed by atoms with van der Waals surface area (Å²) in [5, 5.41) is 0. The van der Waals surface area contributed by atoms with Crippen molar-refractivity contribution >= 4 is 23.1 Å². The predicted molar refractivity (Wildman–Crippen MR) is 114 cm³/mol. The van der Waals surface area contributed by atoms with E-state index in [4.69, 9.17) is 5.73 Å². The maximum absolute atomic E-state index is 6.55. The van der Waals surface area contributed by atoms with E-state index in [1.165, 1.54) is 0 Å². The van der Waals surface area contributed by atoms with E-state index >= 15 is 0 Å². The zero-order valence-electron chi connectivity index (χ0n) is 16.8. The van der Waals surface area contributed by atoms with Crippen molar-refractivity contribution in [3.05, 3.63) is 30.7 Å². The number of hydrogen-bond acceptors (Lipinski definition) is 8. The molecule has 4 rings (SSSR count). The summed E-state index contributed by atoms with van der Waals surface area (Å²) < 4.78 is 0. The van der Waals surface area contributed by atoms with Crippen molar-refractivity contribution in [1.29, 1.82) is 0 Å². The number of nitrogen functional groups attached to an aromatic ring is 1. The SMILES string of the molecule is CN1CCC(N(C)c2ncnc(N3CCN(c4ccccn4)CC3)c2N)CC1. The number of hydrogen-bond donors (Lipinski definition) is 1. The van der Waals surface area contributed by atoms with Gasteiger partial charge >= 0.3 is 0 Å². The molecule has 0 aliphatic carbocycles. The summed E-state index contributed by atoms with van der Waals surface area (Å²) in [5.41, 5.74) is 7.24. The average Bonchev–Trinajstić information content (AvgIpc) is 2.75. The molecule has 0 atom stereocenters. The predicted octanol–water partition coefficient (Wildman–Crippen LogP) is 1.31. The minimum absolute atomic E-state index is 0.474. The highest BCUT2D eigenvalue weighted by atomic mass is 15.3. The van der Waals surface area contributed by atoms with Crippen molar-refractivity contribution in [2.24, 2.45) is 0 Å². The molecule has 0 aromatic carbocycles.